The Balaban J connectivity index is 1.97. The van der Waals surface area contributed by atoms with Crippen molar-refractivity contribution in [2.75, 3.05) is 13.7 Å². The van der Waals surface area contributed by atoms with E-state index < -0.39 is 32.2 Å². The Hall–Kier alpha value is -2.24. The Morgan fingerprint density at radius 2 is 2.15 bits per heavy atom. The number of H-pyrrole nitrogens is 2. The lowest BCUT2D eigenvalue weighted by Crippen LogP contribution is -2.38. The van der Waals surface area contributed by atoms with Crippen LogP contribution in [-0.4, -0.2) is 41.9 Å². The Morgan fingerprint density at radius 1 is 1.38 bits per heavy atom. The highest BCUT2D eigenvalue weighted by Gasteiger charge is 2.31. The van der Waals surface area contributed by atoms with Gasteiger partial charge in [-0.05, 0) is 31.7 Å². The normalized spacial score (nSPS) is 17.2. The van der Waals surface area contributed by atoms with Gasteiger partial charge in [0, 0.05) is 12.8 Å². The summed E-state index contributed by atoms with van der Waals surface area (Å²) in [7, 11) is -2.55. The Morgan fingerprint density at radius 3 is 2.85 bits per heavy atom. The topological polar surface area (TPSA) is 139 Å². The smallest absolute Gasteiger partial charge is 0.325 e. The van der Waals surface area contributed by atoms with Gasteiger partial charge in [-0.1, -0.05) is 0 Å². The molecule has 1 aliphatic carbocycles. The van der Waals surface area contributed by atoms with E-state index in [0.29, 0.717) is 19.6 Å². The summed E-state index contributed by atoms with van der Waals surface area (Å²) in [5, 5.41) is 4.32. The maximum atomic E-state index is 12.8. The number of fused-ring (bicyclic) bond motifs is 1. The number of aryl methyl sites for hydroxylation is 2. The predicted molar refractivity (Wildman–Crippen MR) is 92.5 cm³/mol. The molecule has 0 aliphatic heterocycles. The van der Waals surface area contributed by atoms with Gasteiger partial charge >= 0.3 is 5.69 Å². The van der Waals surface area contributed by atoms with Gasteiger partial charge in [-0.25, -0.2) is 17.9 Å². The lowest BCUT2D eigenvalue weighted by atomic mass is 9.94. The number of hydrogen-bond donors (Lipinski definition) is 3. The molecule has 0 saturated heterocycles. The van der Waals surface area contributed by atoms with Gasteiger partial charge in [0.1, 0.15) is 0 Å². The minimum atomic E-state index is -4.13. The fraction of sp³-hybridized carbons (Fsp3) is 0.533. The van der Waals surface area contributed by atoms with Crippen molar-refractivity contribution in [1.82, 2.24) is 24.5 Å². The van der Waals surface area contributed by atoms with Gasteiger partial charge in [0.2, 0.25) is 10.0 Å². The molecular formula is C15H21N5O5S. The van der Waals surface area contributed by atoms with E-state index in [-0.39, 0.29) is 5.69 Å². The minimum Gasteiger partial charge on any atom is -0.383 e. The minimum absolute atomic E-state index is 0.00447. The van der Waals surface area contributed by atoms with E-state index in [1.165, 1.54) is 6.92 Å². The quantitative estimate of drug-likeness (QED) is 0.619. The first kappa shape index (κ1) is 18.5. The molecule has 0 fully saturated rings. The molecule has 0 aromatic carbocycles. The number of methoxy groups -OCH3 is 1. The van der Waals surface area contributed by atoms with E-state index in [1.54, 1.807) is 18.0 Å². The van der Waals surface area contributed by atoms with E-state index in [0.717, 1.165) is 24.1 Å². The monoisotopic (exact) mass is 383 g/mol. The van der Waals surface area contributed by atoms with Gasteiger partial charge in [-0.3, -0.25) is 14.5 Å². The third kappa shape index (κ3) is 3.50. The number of sulfonamides is 1. The van der Waals surface area contributed by atoms with Crippen molar-refractivity contribution in [3.63, 3.8) is 0 Å². The van der Waals surface area contributed by atoms with Gasteiger partial charge in [-0.2, -0.15) is 5.10 Å². The average Bonchev–Trinajstić information content (AvgIpc) is 2.95. The highest BCUT2D eigenvalue weighted by Crippen LogP contribution is 2.30. The molecule has 0 amide bonds. The van der Waals surface area contributed by atoms with Crippen LogP contribution in [0.15, 0.2) is 20.7 Å². The number of aromatic amines is 2. The third-order valence-corrected chi connectivity index (χ3v) is 6.00. The fourth-order valence-electron chi connectivity index (χ4n) is 3.29. The molecule has 3 N–H and O–H groups in total. The van der Waals surface area contributed by atoms with Crippen molar-refractivity contribution in [2.24, 2.45) is 0 Å². The summed E-state index contributed by atoms with van der Waals surface area (Å²) in [4.78, 5) is 27.1. The highest BCUT2D eigenvalue weighted by atomic mass is 32.2. The summed E-state index contributed by atoms with van der Waals surface area (Å²) in [6.45, 7) is 2.33. The van der Waals surface area contributed by atoms with E-state index in [4.69, 9.17) is 4.74 Å². The van der Waals surface area contributed by atoms with Crippen LogP contribution in [0.5, 0.6) is 0 Å². The number of nitrogens with one attached hydrogen (secondary N) is 3. The van der Waals surface area contributed by atoms with Crippen molar-refractivity contribution in [3.8, 4) is 0 Å². The number of ether oxygens (including phenoxy) is 1. The molecule has 26 heavy (non-hydrogen) atoms. The van der Waals surface area contributed by atoms with Crippen LogP contribution in [0.2, 0.25) is 0 Å². The van der Waals surface area contributed by atoms with Gasteiger partial charge in [0.05, 0.1) is 31.1 Å². The SMILES string of the molecule is COCCn1ncc2c1C(NS(=O)(=O)c1c(C)[nH]c(=O)[nH]c1=O)CCC2. The first-order valence-corrected chi connectivity index (χ1v) is 9.71. The summed E-state index contributed by atoms with van der Waals surface area (Å²) < 4.78 is 35.0. The average molecular weight is 383 g/mol. The molecule has 10 nitrogen and oxygen atoms in total. The first-order chi connectivity index (χ1) is 12.3. The molecule has 0 radical (unpaired) electrons. The molecule has 3 rings (SSSR count). The lowest BCUT2D eigenvalue weighted by Gasteiger charge is -2.25. The summed E-state index contributed by atoms with van der Waals surface area (Å²) in [6, 6.07) is -0.506. The molecule has 0 spiro atoms. The van der Waals surface area contributed by atoms with E-state index in [2.05, 4.69) is 14.8 Å². The molecular weight excluding hydrogens is 362 g/mol. The zero-order valence-electron chi connectivity index (χ0n) is 14.5. The van der Waals surface area contributed by atoms with Crippen LogP contribution < -0.4 is 16.0 Å². The third-order valence-electron chi connectivity index (χ3n) is 4.38. The number of aromatic nitrogens is 4. The van der Waals surface area contributed by atoms with E-state index in [1.807, 2.05) is 4.98 Å². The standard InChI is InChI=1S/C15H21N5O5S/c1-9-13(14(21)18-15(22)17-9)26(23,24)19-11-5-3-4-10-8-16-20(12(10)11)6-7-25-2/h8,11,19H,3-7H2,1-2H3,(H2,17,18,21,22). The van der Waals surface area contributed by atoms with E-state index >= 15 is 0 Å². The van der Waals surface area contributed by atoms with Crippen LogP contribution in [0.4, 0.5) is 0 Å². The number of rotatable bonds is 6. The molecule has 2 heterocycles. The van der Waals surface area contributed by atoms with Crippen molar-refractivity contribution in [2.45, 2.75) is 43.7 Å². The summed E-state index contributed by atoms with van der Waals surface area (Å²) in [5.41, 5.74) is 0.0735. The van der Waals surface area contributed by atoms with Crippen molar-refractivity contribution in [3.05, 3.63) is 44.0 Å². The van der Waals surface area contributed by atoms with Crippen LogP contribution in [-0.2, 0) is 27.7 Å². The molecule has 2 aromatic rings. The second-order valence-corrected chi connectivity index (χ2v) is 7.85. The van der Waals surface area contributed by atoms with Crippen molar-refractivity contribution >= 4 is 10.0 Å². The zero-order valence-corrected chi connectivity index (χ0v) is 15.4. The summed E-state index contributed by atoms with van der Waals surface area (Å²) in [5.74, 6) is 0. The first-order valence-electron chi connectivity index (χ1n) is 8.22. The second-order valence-electron chi connectivity index (χ2n) is 6.20. The van der Waals surface area contributed by atoms with Crippen LogP contribution >= 0.6 is 0 Å². The number of nitrogens with zero attached hydrogens (tertiary/aromatic N) is 2. The molecule has 11 heteroatoms. The van der Waals surface area contributed by atoms with Gasteiger partial charge in [0.15, 0.2) is 4.90 Å². The van der Waals surface area contributed by atoms with Crippen molar-refractivity contribution < 1.29 is 13.2 Å². The number of hydrogen-bond acceptors (Lipinski definition) is 6. The van der Waals surface area contributed by atoms with Gasteiger partial charge in [-0.15, -0.1) is 0 Å². The largest absolute Gasteiger partial charge is 0.383 e. The van der Waals surface area contributed by atoms with Gasteiger partial charge < -0.3 is 9.72 Å². The molecule has 1 aliphatic rings. The summed E-state index contributed by atoms with van der Waals surface area (Å²) >= 11 is 0. The maximum Gasteiger partial charge on any atom is 0.325 e. The van der Waals surface area contributed by atoms with Gasteiger partial charge in [0.25, 0.3) is 5.56 Å². The lowest BCUT2D eigenvalue weighted by molar-refractivity contribution is 0.181. The zero-order chi connectivity index (χ0) is 18.9. The molecule has 2 aromatic heterocycles. The van der Waals surface area contributed by atoms with Crippen molar-refractivity contribution in [1.29, 1.82) is 0 Å². The predicted octanol–water partition coefficient (Wildman–Crippen LogP) is -0.430. The molecule has 1 unspecified atom stereocenters. The van der Waals surface area contributed by atoms with Crippen LogP contribution in [0.3, 0.4) is 0 Å². The van der Waals surface area contributed by atoms with E-state index in [9.17, 15) is 18.0 Å². The Labute approximate surface area is 149 Å². The van der Waals surface area contributed by atoms with Crippen LogP contribution in [0.1, 0.15) is 35.8 Å². The fourth-order valence-corrected chi connectivity index (χ4v) is 4.76. The molecule has 1 atom stereocenters. The molecule has 142 valence electrons. The molecule has 0 saturated carbocycles. The maximum absolute atomic E-state index is 12.8. The Kier molecular flexibility index (Phi) is 5.12. The molecule has 0 bridgehead atoms. The summed E-state index contributed by atoms with van der Waals surface area (Å²) in [6.07, 6.45) is 3.95. The Bertz CT molecular complexity index is 1020. The second kappa shape index (κ2) is 7.17. The van der Waals surface area contributed by atoms with Crippen LogP contribution in [0, 0.1) is 6.92 Å². The highest BCUT2D eigenvalue weighted by molar-refractivity contribution is 7.89. The van der Waals surface area contributed by atoms with Crippen LogP contribution in [0.25, 0.3) is 0 Å².